The topological polar surface area (TPSA) is 44.4 Å². The van der Waals surface area contributed by atoms with Gasteiger partial charge in [0.05, 0.1) is 12.6 Å². The molecular weight excluding hydrogens is 387 g/mol. The highest BCUT2D eigenvalue weighted by molar-refractivity contribution is 9.10. The van der Waals surface area contributed by atoms with Gasteiger partial charge in [-0.3, -0.25) is 4.90 Å². The van der Waals surface area contributed by atoms with Crippen LogP contribution in [0.15, 0.2) is 28.7 Å². The van der Waals surface area contributed by atoms with E-state index in [4.69, 9.17) is 0 Å². The summed E-state index contributed by atoms with van der Waals surface area (Å²) >= 11 is 3.36. The molecule has 0 bridgehead atoms. The number of rotatable bonds is 5. The summed E-state index contributed by atoms with van der Waals surface area (Å²) in [5, 5.41) is 5.58. The highest BCUT2D eigenvalue weighted by Crippen LogP contribution is 2.22. The molecule has 0 spiro atoms. The van der Waals surface area contributed by atoms with Crippen molar-refractivity contribution in [2.45, 2.75) is 25.6 Å². The second-order valence-electron chi connectivity index (χ2n) is 6.13. The zero-order chi connectivity index (χ0) is 17.7. The Bertz CT molecular complexity index is 550. The molecule has 0 unspecified atom stereocenters. The van der Waals surface area contributed by atoms with Gasteiger partial charge in [-0.25, -0.2) is 4.79 Å². The molecule has 0 aliphatic carbocycles. The predicted octanol–water partition coefficient (Wildman–Crippen LogP) is 3.69. The lowest BCUT2D eigenvalue weighted by Crippen LogP contribution is -2.40. The maximum atomic E-state index is 12.4. The average Bonchev–Trinajstić information content (AvgIpc) is 2.91. The van der Waals surface area contributed by atoms with Crippen LogP contribution in [0, 0.1) is 5.92 Å². The van der Waals surface area contributed by atoms with Crippen molar-refractivity contribution in [3.05, 3.63) is 34.3 Å². The minimum atomic E-state index is -4.17. The van der Waals surface area contributed by atoms with Gasteiger partial charge in [0.25, 0.3) is 0 Å². The van der Waals surface area contributed by atoms with E-state index in [1.165, 1.54) is 4.90 Å². The predicted molar refractivity (Wildman–Crippen MR) is 89.7 cm³/mol. The fourth-order valence-corrected chi connectivity index (χ4v) is 3.06. The first-order valence-electron chi connectivity index (χ1n) is 7.82. The molecule has 4 nitrogen and oxygen atoms in total. The molecule has 2 amide bonds. The molecule has 1 heterocycles. The van der Waals surface area contributed by atoms with Crippen molar-refractivity contribution in [1.29, 1.82) is 0 Å². The van der Waals surface area contributed by atoms with Gasteiger partial charge in [0.1, 0.15) is 0 Å². The SMILES string of the molecule is C[C@@H](NC(=O)NC[C@@H]1CCN(CC(F)(F)F)C1)c1ccc(Br)cc1. The van der Waals surface area contributed by atoms with Crippen molar-refractivity contribution >= 4 is 22.0 Å². The molecule has 0 aromatic heterocycles. The Kier molecular flexibility index (Phi) is 6.51. The highest BCUT2D eigenvalue weighted by Gasteiger charge is 2.34. The van der Waals surface area contributed by atoms with Crippen LogP contribution in [-0.2, 0) is 0 Å². The van der Waals surface area contributed by atoms with Gasteiger partial charge in [-0.05, 0) is 43.5 Å². The minimum absolute atomic E-state index is 0.0566. The average molecular weight is 408 g/mol. The number of likely N-dealkylation sites (tertiary alicyclic amines) is 1. The number of carbonyl (C=O) groups is 1. The molecule has 1 aromatic carbocycles. The maximum absolute atomic E-state index is 12.4. The van der Waals surface area contributed by atoms with Gasteiger partial charge in [0, 0.05) is 17.6 Å². The van der Waals surface area contributed by atoms with Gasteiger partial charge < -0.3 is 10.6 Å². The molecule has 1 aromatic rings. The van der Waals surface area contributed by atoms with Crippen molar-refractivity contribution < 1.29 is 18.0 Å². The molecule has 134 valence electrons. The first-order valence-corrected chi connectivity index (χ1v) is 8.61. The molecule has 2 rings (SSSR count). The van der Waals surface area contributed by atoms with Gasteiger partial charge in [0.15, 0.2) is 0 Å². The van der Waals surface area contributed by atoms with Gasteiger partial charge in [-0.1, -0.05) is 28.1 Å². The van der Waals surface area contributed by atoms with E-state index in [1.54, 1.807) is 0 Å². The van der Waals surface area contributed by atoms with Crippen molar-refractivity contribution in [3.8, 4) is 0 Å². The summed E-state index contributed by atoms with van der Waals surface area (Å²) < 4.78 is 38.0. The first kappa shape index (κ1) is 19.1. The number of hydrogen-bond donors (Lipinski definition) is 2. The van der Waals surface area contributed by atoms with E-state index in [2.05, 4.69) is 26.6 Å². The molecule has 2 atom stereocenters. The van der Waals surface area contributed by atoms with Crippen LogP contribution in [0.25, 0.3) is 0 Å². The summed E-state index contributed by atoms with van der Waals surface area (Å²) in [6.07, 6.45) is -3.50. The molecule has 1 saturated heterocycles. The van der Waals surface area contributed by atoms with Gasteiger partial charge in [-0.2, -0.15) is 13.2 Å². The molecule has 1 fully saturated rings. The summed E-state index contributed by atoms with van der Waals surface area (Å²) in [6, 6.07) is 7.18. The van der Waals surface area contributed by atoms with Crippen molar-refractivity contribution in [2.24, 2.45) is 5.92 Å². The Morgan fingerprint density at radius 3 is 2.67 bits per heavy atom. The highest BCUT2D eigenvalue weighted by atomic mass is 79.9. The van der Waals surface area contributed by atoms with Crippen LogP contribution in [-0.4, -0.2) is 43.3 Å². The third kappa shape index (κ3) is 6.32. The van der Waals surface area contributed by atoms with Crippen LogP contribution in [0.1, 0.15) is 24.9 Å². The van der Waals surface area contributed by atoms with E-state index in [-0.39, 0.29) is 18.0 Å². The molecule has 24 heavy (non-hydrogen) atoms. The number of nitrogens with zero attached hydrogens (tertiary/aromatic N) is 1. The van der Waals surface area contributed by atoms with Crippen LogP contribution in [0.3, 0.4) is 0 Å². The fourth-order valence-electron chi connectivity index (χ4n) is 2.80. The van der Waals surface area contributed by atoms with E-state index in [0.717, 1.165) is 10.0 Å². The van der Waals surface area contributed by atoms with E-state index in [9.17, 15) is 18.0 Å². The summed E-state index contributed by atoms with van der Waals surface area (Å²) in [5.41, 5.74) is 0.977. The van der Waals surface area contributed by atoms with E-state index in [0.29, 0.717) is 26.1 Å². The molecular formula is C16H21BrF3N3O. The number of benzene rings is 1. The van der Waals surface area contributed by atoms with Crippen LogP contribution >= 0.6 is 15.9 Å². The third-order valence-electron chi connectivity index (χ3n) is 4.04. The first-order chi connectivity index (χ1) is 11.2. The van der Waals surface area contributed by atoms with Gasteiger partial charge >= 0.3 is 12.2 Å². The fraction of sp³-hybridized carbons (Fsp3) is 0.562. The number of hydrogen-bond acceptors (Lipinski definition) is 2. The van der Waals surface area contributed by atoms with Crippen LogP contribution in [0.5, 0.6) is 0 Å². The summed E-state index contributed by atoms with van der Waals surface area (Å²) in [6.45, 7) is 2.16. The Balaban J connectivity index is 1.71. The lowest BCUT2D eigenvalue weighted by molar-refractivity contribution is -0.143. The zero-order valence-electron chi connectivity index (χ0n) is 13.4. The molecule has 1 aliphatic rings. The second kappa shape index (κ2) is 8.20. The number of nitrogens with one attached hydrogen (secondary N) is 2. The van der Waals surface area contributed by atoms with Crippen LogP contribution in [0.2, 0.25) is 0 Å². The summed E-state index contributed by atoms with van der Waals surface area (Å²) in [5.74, 6) is 0.0566. The van der Waals surface area contributed by atoms with Crippen molar-refractivity contribution in [1.82, 2.24) is 15.5 Å². The number of amides is 2. The third-order valence-corrected chi connectivity index (χ3v) is 4.57. The Hall–Kier alpha value is -1.28. The molecule has 1 aliphatic heterocycles. The quantitative estimate of drug-likeness (QED) is 0.781. The zero-order valence-corrected chi connectivity index (χ0v) is 15.0. The largest absolute Gasteiger partial charge is 0.401 e. The van der Waals surface area contributed by atoms with E-state index >= 15 is 0 Å². The van der Waals surface area contributed by atoms with Gasteiger partial charge in [-0.15, -0.1) is 0 Å². The number of urea groups is 1. The summed E-state index contributed by atoms with van der Waals surface area (Å²) in [7, 11) is 0. The molecule has 0 saturated carbocycles. The lowest BCUT2D eigenvalue weighted by Gasteiger charge is -2.19. The van der Waals surface area contributed by atoms with Crippen LogP contribution < -0.4 is 10.6 Å². The second-order valence-corrected chi connectivity index (χ2v) is 7.05. The monoisotopic (exact) mass is 407 g/mol. The number of alkyl halides is 3. The Labute approximate surface area is 147 Å². The normalized spacial score (nSPS) is 20.0. The number of carbonyl (C=O) groups excluding carboxylic acids is 1. The Morgan fingerprint density at radius 2 is 2.04 bits per heavy atom. The molecule has 8 heteroatoms. The molecule has 2 N–H and O–H groups in total. The standard InChI is InChI=1S/C16H21BrF3N3O/c1-11(13-2-4-14(17)5-3-13)22-15(24)21-8-12-6-7-23(9-12)10-16(18,19)20/h2-5,11-12H,6-10H2,1H3,(H2,21,22,24)/t11-,12+/m1/s1. The van der Waals surface area contributed by atoms with Crippen LogP contribution in [0.4, 0.5) is 18.0 Å². The lowest BCUT2D eigenvalue weighted by atomic mass is 10.1. The van der Waals surface area contributed by atoms with Crippen molar-refractivity contribution in [2.75, 3.05) is 26.2 Å². The smallest absolute Gasteiger partial charge is 0.338 e. The molecule has 0 radical (unpaired) electrons. The van der Waals surface area contributed by atoms with Crippen molar-refractivity contribution in [3.63, 3.8) is 0 Å². The minimum Gasteiger partial charge on any atom is -0.338 e. The Morgan fingerprint density at radius 1 is 1.38 bits per heavy atom. The van der Waals surface area contributed by atoms with E-state index < -0.39 is 12.7 Å². The number of halogens is 4. The van der Waals surface area contributed by atoms with E-state index in [1.807, 2.05) is 31.2 Å². The maximum Gasteiger partial charge on any atom is 0.401 e. The van der Waals surface area contributed by atoms with Gasteiger partial charge in [0.2, 0.25) is 0 Å². The summed E-state index contributed by atoms with van der Waals surface area (Å²) in [4.78, 5) is 13.3.